The van der Waals surface area contributed by atoms with Gasteiger partial charge in [-0.15, -0.1) is 11.3 Å². The predicted octanol–water partition coefficient (Wildman–Crippen LogP) is 3.19. The molecule has 0 aliphatic carbocycles. The van der Waals surface area contributed by atoms with Crippen LogP contribution in [0.4, 0.5) is 4.79 Å². The predicted molar refractivity (Wildman–Crippen MR) is 84.5 cm³/mol. The molecule has 2 heterocycles. The fourth-order valence-electron chi connectivity index (χ4n) is 2.48. The molecule has 0 aromatic carbocycles. The summed E-state index contributed by atoms with van der Waals surface area (Å²) in [6, 6.07) is 0.513. The molecule has 2 rings (SSSR count). The van der Waals surface area contributed by atoms with Gasteiger partial charge in [0.15, 0.2) is 0 Å². The Morgan fingerprint density at radius 1 is 1.57 bits per heavy atom. The van der Waals surface area contributed by atoms with Crippen molar-refractivity contribution in [3.8, 4) is 0 Å². The van der Waals surface area contributed by atoms with E-state index in [-0.39, 0.29) is 12.1 Å². The number of aromatic nitrogens is 1. The monoisotopic (exact) mass is 311 g/mol. The largest absolute Gasteiger partial charge is 0.444 e. The normalized spacial score (nSPS) is 21.1. The number of hydrogen-bond acceptors (Lipinski definition) is 5. The molecule has 0 saturated carbocycles. The van der Waals surface area contributed by atoms with Gasteiger partial charge in [-0.3, -0.25) is 0 Å². The van der Waals surface area contributed by atoms with E-state index in [0.29, 0.717) is 12.6 Å². The zero-order chi connectivity index (χ0) is 15.5. The van der Waals surface area contributed by atoms with E-state index in [1.165, 1.54) is 0 Å². The first-order valence-corrected chi connectivity index (χ1v) is 8.36. The summed E-state index contributed by atoms with van der Waals surface area (Å²) >= 11 is 1.66. The van der Waals surface area contributed by atoms with E-state index in [1.54, 1.807) is 16.2 Å². The fourth-order valence-corrected chi connectivity index (χ4v) is 3.13. The maximum atomic E-state index is 12.1. The van der Waals surface area contributed by atoms with Gasteiger partial charge in [0.05, 0.1) is 6.04 Å². The number of likely N-dealkylation sites (tertiary alicyclic amines) is 1. The molecule has 21 heavy (non-hydrogen) atoms. The summed E-state index contributed by atoms with van der Waals surface area (Å²) in [5.41, 5.74) is -0.439. The van der Waals surface area contributed by atoms with Crippen molar-refractivity contribution >= 4 is 17.4 Å². The Hall–Kier alpha value is -1.14. The summed E-state index contributed by atoms with van der Waals surface area (Å²) in [6.07, 6.45) is 3.69. The maximum Gasteiger partial charge on any atom is 0.410 e. The second-order valence-electron chi connectivity index (χ2n) is 6.52. The molecule has 0 bridgehead atoms. The fraction of sp³-hybridized carbons (Fsp3) is 0.733. The third-order valence-corrected chi connectivity index (χ3v) is 4.34. The van der Waals surface area contributed by atoms with Crippen LogP contribution in [0.3, 0.4) is 0 Å². The van der Waals surface area contributed by atoms with Crippen LogP contribution in [0.1, 0.15) is 51.6 Å². The topological polar surface area (TPSA) is 54.5 Å². The Kier molecular flexibility index (Phi) is 5.22. The van der Waals surface area contributed by atoms with Crippen molar-refractivity contribution in [3.63, 3.8) is 0 Å². The zero-order valence-electron chi connectivity index (χ0n) is 13.3. The molecular weight excluding hydrogens is 286 g/mol. The molecule has 0 unspecified atom stereocenters. The molecule has 1 amide bonds. The highest BCUT2D eigenvalue weighted by molar-refractivity contribution is 7.09. The molecule has 1 aromatic rings. The highest BCUT2D eigenvalue weighted by Gasteiger charge is 2.28. The first-order valence-electron chi connectivity index (χ1n) is 7.48. The van der Waals surface area contributed by atoms with Crippen molar-refractivity contribution < 1.29 is 9.53 Å². The molecule has 1 aliphatic rings. The molecule has 6 heteroatoms. The van der Waals surface area contributed by atoms with Gasteiger partial charge in [0.1, 0.15) is 10.6 Å². The lowest BCUT2D eigenvalue weighted by Crippen LogP contribution is -2.49. The molecule has 0 spiro atoms. The van der Waals surface area contributed by atoms with E-state index in [9.17, 15) is 4.79 Å². The minimum Gasteiger partial charge on any atom is -0.444 e. The van der Waals surface area contributed by atoms with E-state index < -0.39 is 5.60 Å². The number of carbonyl (C=O) groups is 1. The lowest BCUT2D eigenvalue weighted by molar-refractivity contribution is 0.0184. The van der Waals surface area contributed by atoms with Crippen molar-refractivity contribution in [3.05, 3.63) is 16.6 Å². The van der Waals surface area contributed by atoms with Crippen LogP contribution >= 0.6 is 11.3 Å². The van der Waals surface area contributed by atoms with Crippen LogP contribution in [-0.2, 0) is 4.74 Å². The van der Waals surface area contributed by atoms with Gasteiger partial charge in [-0.2, -0.15) is 0 Å². The minimum absolute atomic E-state index is 0.212. The van der Waals surface area contributed by atoms with Crippen LogP contribution in [0, 0.1) is 0 Å². The van der Waals surface area contributed by atoms with Gasteiger partial charge < -0.3 is 15.0 Å². The Morgan fingerprint density at radius 3 is 2.95 bits per heavy atom. The van der Waals surface area contributed by atoms with Crippen LogP contribution in [0.2, 0.25) is 0 Å². The average molecular weight is 311 g/mol. The highest BCUT2D eigenvalue weighted by atomic mass is 32.1. The molecule has 1 aromatic heterocycles. The lowest BCUT2D eigenvalue weighted by Gasteiger charge is -2.35. The second-order valence-corrected chi connectivity index (χ2v) is 7.45. The Bertz CT molecular complexity index is 456. The van der Waals surface area contributed by atoms with E-state index >= 15 is 0 Å². The van der Waals surface area contributed by atoms with Gasteiger partial charge in [-0.25, -0.2) is 9.78 Å². The molecule has 2 atom stereocenters. The Morgan fingerprint density at radius 2 is 2.33 bits per heavy atom. The summed E-state index contributed by atoms with van der Waals surface area (Å²) in [5, 5.41) is 6.64. The van der Waals surface area contributed by atoms with Crippen LogP contribution in [0.5, 0.6) is 0 Å². The standard InChI is InChI=1S/C15H25N3O2S/c1-11(13-16-7-9-21-13)17-12-6-5-8-18(10-12)14(19)20-15(2,3)4/h7,9,11-12,17H,5-6,8,10H2,1-4H3/t11-,12+/m0/s1. The highest BCUT2D eigenvalue weighted by Crippen LogP contribution is 2.20. The molecule has 1 N–H and O–H groups in total. The number of hydrogen-bond donors (Lipinski definition) is 1. The molecule has 118 valence electrons. The number of nitrogens with one attached hydrogen (secondary N) is 1. The summed E-state index contributed by atoms with van der Waals surface area (Å²) in [7, 11) is 0. The number of nitrogens with zero attached hydrogens (tertiary/aromatic N) is 2. The number of amides is 1. The first kappa shape index (κ1) is 16.2. The summed E-state index contributed by atoms with van der Waals surface area (Å²) in [5.74, 6) is 0. The summed E-state index contributed by atoms with van der Waals surface area (Å²) in [4.78, 5) is 18.3. The molecule has 1 aliphatic heterocycles. The molecule has 0 radical (unpaired) electrons. The average Bonchev–Trinajstić information content (AvgIpc) is 2.91. The van der Waals surface area contributed by atoms with E-state index in [0.717, 1.165) is 24.4 Å². The van der Waals surface area contributed by atoms with Crippen molar-refractivity contribution in [1.29, 1.82) is 0 Å². The van der Waals surface area contributed by atoms with Gasteiger partial charge in [0, 0.05) is 30.7 Å². The third-order valence-electron chi connectivity index (χ3n) is 3.38. The zero-order valence-corrected chi connectivity index (χ0v) is 14.1. The quantitative estimate of drug-likeness (QED) is 0.931. The minimum atomic E-state index is -0.439. The van der Waals surface area contributed by atoms with Crippen molar-refractivity contribution in [2.75, 3.05) is 13.1 Å². The third kappa shape index (κ3) is 4.97. The van der Waals surface area contributed by atoms with E-state index in [2.05, 4.69) is 17.2 Å². The number of carbonyl (C=O) groups excluding carboxylic acids is 1. The van der Waals surface area contributed by atoms with Crippen molar-refractivity contribution in [2.24, 2.45) is 0 Å². The van der Waals surface area contributed by atoms with Crippen LogP contribution in [-0.4, -0.2) is 40.7 Å². The number of piperidine rings is 1. The van der Waals surface area contributed by atoms with Gasteiger partial charge in [-0.05, 0) is 40.5 Å². The maximum absolute atomic E-state index is 12.1. The Labute approximate surface area is 130 Å². The molecular formula is C15H25N3O2S. The van der Waals surface area contributed by atoms with Crippen LogP contribution in [0.15, 0.2) is 11.6 Å². The number of thiazole rings is 1. The van der Waals surface area contributed by atoms with Gasteiger partial charge >= 0.3 is 6.09 Å². The summed E-state index contributed by atoms with van der Waals surface area (Å²) in [6.45, 7) is 9.29. The number of ether oxygens (including phenoxy) is 1. The van der Waals surface area contributed by atoms with Crippen LogP contribution in [0.25, 0.3) is 0 Å². The number of rotatable bonds is 3. The van der Waals surface area contributed by atoms with Crippen LogP contribution < -0.4 is 5.32 Å². The van der Waals surface area contributed by atoms with Gasteiger partial charge in [-0.1, -0.05) is 0 Å². The molecule has 1 saturated heterocycles. The lowest BCUT2D eigenvalue weighted by atomic mass is 10.1. The first-order chi connectivity index (χ1) is 9.85. The molecule has 5 nitrogen and oxygen atoms in total. The second kappa shape index (κ2) is 6.75. The van der Waals surface area contributed by atoms with E-state index in [1.807, 2.05) is 32.3 Å². The van der Waals surface area contributed by atoms with Crippen molar-refractivity contribution in [2.45, 2.75) is 58.2 Å². The smallest absolute Gasteiger partial charge is 0.410 e. The van der Waals surface area contributed by atoms with Gasteiger partial charge in [0.2, 0.25) is 0 Å². The van der Waals surface area contributed by atoms with Crippen molar-refractivity contribution in [1.82, 2.24) is 15.2 Å². The summed E-state index contributed by atoms with van der Waals surface area (Å²) < 4.78 is 5.45. The molecule has 1 fully saturated rings. The van der Waals surface area contributed by atoms with Gasteiger partial charge in [0.25, 0.3) is 0 Å². The van der Waals surface area contributed by atoms with E-state index in [4.69, 9.17) is 4.74 Å². The SMILES string of the molecule is C[C@H](N[C@@H]1CCCN(C(=O)OC(C)(C)C)C1)c1nccs1. The Balaban J connectivity index is 1.87.